The SMILES string of the molecule is CCCNC(C)c1ccc(N2C3CCC2CC(O)C3)cn1. The molecular weight excluding hydrogens is 262 g/mol. The Balaban J connectivity index is 1.70. The molecule has 0 spiro atoms. The van der Waals surface area contributed by atoms with Gasteiger partial charge in [0.05, 0.1) is 23.7 Å². The number of hydrogen-bond donors (Lipinski definition) is 2. The standard InChI is InChI=1S/C17H27N3O/c1-3-8-18-12(2)17-7-6-15(11-19-17)20-13-4-5-14(20)10-16(21)9-13/h6-7,11-14,16,18,21H,3-5,8-10H2,1-2H3. The summed E-state index contributed by atoms with van der Waals surface area (Å²) in [6.45, 7) is 5.37. The summed E-state index contributed by atoms with van der Waals surface area (Å²) in [6, 6.07) is 5.66. The summed E-state index contributed by atoms with van der Waals surface area (Å²) < 4.78 is 0. The van der Waals surface area contributed by atoms with Crippen LogP contribution < -0.4 is 10.2 Å². The number of aliphatic hydroxyl groups excluding tert-OH is 1. The average molecular weight is 289 g/mol. The normalized spacial score (nSPS) is 29.7. The van der Waals surface area contributed by atoms with Crippen LogP contribution in [0.25, 0.3) is 0 Å². The van der Waals surface area contributed by atoms with Crippen LogP contribution in [0, 0.1) is 0 Å². The highest BCUT2D eigenvalue weighted by Gasteiger charge is 2.40. The molecule has 1 aromatic rings. The van der Waals surface area contributed by atoms with Crippen LogP contribution in [0.3, 0.4) is 0 Å². The van der Waals surface area contributed by atoms with Crippen LogP contribution >= 0.6 is 0 Å². The number of anilines is 1. The van der Waals surface area contributed by atoms with E-state index in [0.29, 0.717) is 18.1 Å². The van der Waals surface area contributed by atoms with Gasteiger partial charge in [-0.3, -0.25) is 4.98 Å². The summed E-state index contributed by atoms with van der Waals surface area (Å²) in [6.07, 6.45) is 7.28. The van der Waals surface area contributed by atoms with Gasteiger partial charge in [-0.1, -0.05) is 6.92 Å². The number of hydrogen-bond acceptors (Lipinski definition) is 4. The Bertz CT molecular complexity index is 448. The van der Waals surface area contributed by atoms with Gasteiger partial charge in [0.25, 0.3) is 0 Å². The molecule has 2 fully saturated rings. The fraction of sp³-hybridized carbons (Fsp3) is 0.706. The molecule has 4 nitrogen and oxygen atoms in total. The average Bonchev–Trinajstić information content (AvgIpc) is 2.77. The molecule has 2 aliphatic heterocycles. The summed E-state index contributed by atoms with van der Waals surface area (Å²) in [5.74, 6) is 0. The van der Waals surface area contributed by atoms with Crippen molar-refractivity contribution in [1.82, 2.24) is 10.3 Å². The highest BCUT2D eigenvalue weighted by Crippen LogP contribution is 2.39. The van der Waals surface area contributed by atoms with E-state index in [9.17, 15) is 5.11 Å². The summed E-state index contributed by atoms with van der Waals surface area (Å²) in [5.41, 5.74) is 2.33. The maximum Gasteiger partial charge on any atom is 0.0579 e. The number of rotatable bonds is 5. The molecule has 3 unspecified atom stereocenters. The van der Waals surface area contributed by atoms with Crippen LogP contribution in [0.4, 0.5) is 5.69 Å². The molecule has 2 saturated heterocycles. The van der Waals surface area contributed by atoms with Gasteiger partial charge in [0.1, 0.15) is 0 Å². The van der Waals surface area contributed by atoms with Crippen LogP contribution in [0.2, 0.25) is 0 Å². The number of piperidine rings is 1. The quantitative estimate of drug-likeness (QED) is 0.875. The Labute approximate surface area is 127 Å². The summed E-state index contributed by atoms with van der Waals surface area (Å²) in [7, 11) is 0. The molecular formula is C17H27N3O. The molecule has 2 N–H and O–H groups in total. The molecule has 0 saturated carbocycles. The predicted molar refractivity (Wildman–Crippen MR) is 85.5 cm³/mol. The zero-order valence-electron chi connectivity index (χ0n) is 13.1. The van der Waals surface area contributed by atoms with Gasteiger partial charge in [0, 0.05) is 18.1 Å². The van der Waals surface area contributed by atoms with E-state index in [2.05, 4.69) is 41.2 Å². The maximum absolute atomic E-state index is 9.90. The van der Waals surface area contributed by atoms with Gasteiger partial charge in [0.2, 0.25) is 0 Å². The predicted octanol–water partition coefficient (Wildman–Crippen LogP) is 2.63. The minimum Gasteiger partial charge on any atom is -0.393 e. The first-order valence-electron chi connectivity index (χ1n) is 8.34. The second-order valence-corrected chi connectivity index (χ2v) is 6.53. The van der Waals surface area contributed by atoms with Gasteiger partial charge in [-0.15, -0.1) is 0 Å². The van der Waals surface area contributed by atoms with Gasteiger partial charge in [-0.2, -0.15) is 0 Å². The molecule has 2 bridgehead atoms. The Morgan fingerprint density at radius 2 is 2.05 bits per heavy atom. The lowest BCUT2D eigenvalue weighted by atomic mass is 9.99. The Hall–Kier alpha value is -1.13. The molecule has 1 aromatic heterocycles. The highest BCUT2D eigenvalue weighted by atomic mass is 16.3. The number of pyridine rings is 1. The van der Waals surface area contributed by atoms with Crippen molar-refractivity contribution in [1.29, 1.82) is 0 Å². The number of fused-ring (bicyclic) bond motifs is 2. The number of aliphatic hydroxyl groups is 1. The molecule has 0 radical (unpaired) electrons. The van der Waals surface area contributed by atoms with Crippen molar-refractivity contribution in [3.63, 3.8) is 0 Å². The third-order valence-electron chi connectivity index (χ3n) is 4.92. The van der Waals surface area contributed by atoms with E-state index in [1.165, 1.54) is 18.5 Å². The minimum absolute atomic E-state index is 0.107. The molecule has 0 aliphatic carbocycles. The maximum atomic E-state index is 9.90. The van der Waals surface area contributed by atoms with Crippen molar-refractivity contribution in [3.8, 4) is 0 Å². The van der Waals surface area contributed by atoms with Crippen LogP contribution in [-0.4, -0.2) is 34.8 Å². The number of nitrogens with zero attached hydrogens (tertiary/aromatic N) is 2. The van der Waals surface area contributed by atoms with E-state index < -0.39 is 0 Å². The first-order valence-corrected chi connectivity index (χ1v) is 8.34. The van der Waals surface area contributed by atoms with Gasteiger partial charge in [-0.25, -0.2) is 0 Å². The van der Waals surface area contributed by atoms with Gasteiger partial charge in [0.15, 0.2) is 0 Å². The molecule has 2 aliphatic rings. The van der Waals surface area contributed by atoms with Crippen molar-refractivity contribution in [3.05, 3.63) is 24.0 Å². The number of aromatic nitrogens is 1. The highest BCUT2D eigenvalue weighted by molar-refractivity contribution is 5.49. The fourth-order valence-corrected chi connectivity index (χ4v) is 3.84. The lowest BCUT2D eigenvalue weighted by Crippen LogP contribution is -2.44. The van der Waals surface area contributed by atoms with Crippen molar-refractivity contribution in [2.75, 3.05) is 11.4 Å². The third-order valence-corrected chi connectivity index (χ3v) is 4.92. The third kappa shape index (κ3) is 3.06. The lowest BCUT2D eigenvalue weighted by molar-refractivity contribution is 0.126. The van der Waals surface area contributed by atoms with E-state index in [1.54, 1.807) is 0 Å². The molecule has 0 amide bonds. The summed E-state index contributed by atoms with van der Waals surface area (Å²) in [4.78, 5) is 7.15. The zero-order chi connectivity index (χ0) is 14.8. The molecule has 0 aromatic carbocycles. The van der Waals surface area contributed by atoms with E-state index >= 15 is 0 Å². The first-order chi connectivity index (χ1) is 10.2. The van der Waals surface area contributed by atoms with Crippen molar-refractivity contribution >= 4 is 5.69 Å². The van der Waals surface area contributed by atoms with E-state index in [4.69, 9.17) is 0 Å². The van der Waals surface area contributed by atoms with Crippen LogP contribution in [0.5, 0.6) is 0 Å². The topological polar surface area (TPSA) is 48.4 Å². The summed E-state index contributed by atoms with van der Waals surface area (Å²) in [5, 5.41) is 13.4. The van der Waals surface area contributed by atoms with Crippen LogP contribution in [0.1, 0.15) is 57.7 Å². The van der Waals surface area contributed by atoms with E-state index in [0.717, 1.165) is 31.5 Å². The van der Waals surface area contributed by atoms with Crippen molar-refractivity contribution in [2.24, 2.45) is 0 Å². The number of nitrogens with one attached hydrogen (secondary N) is 1. The molecule has 3 rings (SSSR count). The molecule has 3 heterocycles. The monoisotopic (exact) mass is 289 g/mol. The van der Waals surface area contributed by atoms with Gasteiger partial charge < -0.3 is 15.3 Å². The molecule has 3 atom stereocenters. The van der Waals surface area contributed by atoms with Crippen LogP contribution in [-0.2, 0) is 0 Å². The Kier molecular flexibility index (Phi) is 4.45. The smallest absolute Gasteiger partial charge is 0.0579 e. The second kappa shape index (κ2) is 6.32. The van der Waals surface area contributed by atoms with E-state index in [1.807, 2.05) is 6.20 Å². The largest absolute Gasteiger partial charge is 0.393 e. The van der Waals surface area contributed by atoms with Crippen LogP contribution in [0.15, 0.2) is 18.3 Å². The minimum atomic E-state index is -0.107. The van der Waals surface area contributed by atoms with Crippen molar-refractivity contribution < 1.29 is 5.11 Å². The molecule has 116 valence electrons. The molecule has 4 heteroatoms. The molecule has 21 heavy (non-hydrogen) atoms. The lowest BCUT2D eigenvalue weighted by Gasteiger charge is -2.38. The Morgan fingerprint density at radius 1 is 1.33 bits per heavy atom. The first kappa shape index (κ1) is 14.8. The van der Waals surface area contributed by atoms with E-state index in [-0.39, 0.29) is 6.10 Å². The second-order valence-electron chi connectivity index (χ2n) is 6.53. The zero-order valence-corrected chi connectivity index (χ0v) is 13.1. The fourth-order valence-electron chi connectivity index (χ4n) is 3.84. The Morgan fingerprint density at radius 3 is 2.62 bits per heavy atom. The summed E-state index contributed by atoms with van der Waals surface area (Å²) >= 11 is 0. The van der Waals surface area contributed by atoms with Gasteiger partial charge in [-0.05, 0) is 57.7 Å². The van der Waals surface area contributed by atoms with Crippen molar-refractivity contribution in [2.45, 2.75) is 70.2 Å². The van der Waals surface area contributed by atoms with Gasteiger partial charge >= 0.3 is 0 Å².